The molecule has 0 N–H and O–H groups in total. The molecule has 0 spiro atoms. The summed E-state index contributed by atoms with van der Waals surface area (Å²) in [6, 6.07) is -0.982. The van der Waals surface area contributed by atoms with E-state index in [-0.39, 0.29) is 0 Å². The van der Waals surface area contributed by atoms with Crippen molar-refractivity contribution in [3.63, 3.8) is 0 Å². The van der Waals surface area contributed by atoms with E-state index in [1.54, 1.807) is 18.6 Å². The van der Waals surface area contributed by atoms with Crippen molar-refractivity contribution in [1.29, 1.82) is 0 Å². The summed E-state index contributed by atoms with van der Waals surface area (Å²) in [6.45, 7) is 0.805. The molecule has 6 aromatic rings. The summed E-state index contributed by atoms with van der Waals surface area (Å²) >= 11 is 0. The van der Waals surface area contributed by atoms with Gasteiger partial charge in [0.05, 0.1) is 56.9 Å². The quantitative estimate of drug-likeness (QED) is 0.0907. The molecule has 6 rings (SSSR count). The zero-order chi connectivity index (χ0) is 55.3. The molecular formula is C44H25BF24N2OS. The molecule has 1 unspecified atom stereocenters. The van der Waals surface area contributed by atoms with E-state index in [2.05, 4.69) is 4.98 Å². The summed E-state index contributed by atoms with van der Waals surface area (Å²) in [5, 5.41) is 0. The number of halogens is 24. The van der Waals surface area contributed by atoms with Gasteiger partial charge >= 0.3 is 49.4 Å². The molecule has 0 saturated carbocycles. The van der Waals surface area contributed by atoms with Crippen LogP contribution in [-0.4, -0.2) is 21.6 Å². The molecule has 3 nitrogen and oxygen atoms in total. The van der Waals surface area contributed by atoms with Crippen molar-refractivity contribution in [1.82, 2.24) is 4.98 Å². The van der Waals surface area contributed by atoms with Crippen LogP contribution >= 0.6 is 0 Å². The highest BCUT2D eigenvalue weighted by molar-refractivity contribution is 7.84. The number of benzene rings is 5. The van der Waals surface area contributed by atoms with Gasteiger partial charge in [-0.25, -0.2) is 0 Å². The summed E-state index contributed by atoms with van der Waals surface area (Å²) in [4.78, 5) is 4.83. The van der Waals surface area contributed by atoms with Gasteiger partial charge in [0.1, 0.15) is 6.15 Å². The zero-order valence-corrected chi connectivity index (χ0v) is 36.4. The molecule has 1 aromatic heterocycles. The summed E-state index contributed by atoms with van der Waals surface area (Å²) in [7, 11) is -0.900. The van der Waals surface area contributed by atoms with E-state index >= 15 is 0 Å². The summed E-state index contributed by atoms with van der Waals surface area (Å²) in [6.07, 6.45) is -45.8. The van der Waals surface area contributed by atoms with E-state index in [4.69, 9.17) is 0 Å². The third-order valence-electron chi connectivity index (χ3n) is 10.7. The maximum absolute atomic E-state index is 14.2. The number of aromatic nitrogens is 2. The van der Waals surface area contributed by atoms with Crippen LogP contribution in [-0.2, 0) is 66.8 Å². The van der Waals surface area contributed by atoms with Crippen molar-refractivity contribution in [3.05, 3.63) is 172 Å². The molecule has 0 aliphatic heterocycles. The van der Waals surface area contributed by atoms with Gasteiger partial charge in [0.2, 0.25) is 0 Å². The van der Waals surface area contributed by atoms with Gasteiger partial charge in [-0.3, -0.25) is 9.19 Å². The standard InChI is InChI=1S/C32H12BF24.C12H13N2OS/c34-25(35,36)13-1-14(26(37,38)39)6-21(5-13)33(22-7-15(27(40,41)42)2-16(8-22)28(43,44)45,23-9-17(29(46,47)48)3-18(10-23)30(49,50)51)24-11-19(31(52,53)54)4-20(12-24)32(55,56)57;1-16(15)12-4-2-11(3-5-12)10-14-8-6-13-7-9-14/h1-12H;2-9H,10H2,1H3/q-1;+1. The fraction of sp³-hybridized carbons (Fsp3) is 0.227. The molecule has 1 heterocycles. The predicted octanol–water partition coefficient (Wildman–Crippen LogP) is 12.4. The van der Waals surface area contributed by atoms with E-state index in [0.29, 0.717) is 0 Å². The van der Waals surface area contributed by atoms with Crippen LogP contribution in [0, 0.1) is 0 Å². The lowest BCUT2D eigenvalue weighted by Gasteiger charge is -2.46. The molecule has 0 radical (unpaired) electrons. The molecule has 0 saturated heterocycles. The van der Waals surface area contributed by atoms with E-state index in [1.807, 2.05) is 41.2 Å². The lowest BCUT2D eigenvalue weighted by molar-refractivity contribution is -0.688. The molecule has 0 bridgehead atoms. The highest BCUT2D eigenvalue weighted by atomic mass is 32.2. The second kappa shape index (κ2) is 19.9. The molecule has 0 aliphatic carbocycles. The van der Waals surface area contributed by atoms with Crippen molar-refractivity contribution < 1.29 is 114 Å². The fourth-order valence-corrected chi connectivity index (χ4v) is 8.04. The minimum absolute atomic E-state index is 0.691. The molecule has 5 aromatic carbocycles. The van der Waals surface area contributed by atoms with Crippen LogP contribution in [0.15, 0.2) is 127 Å². The zero-order valence-electron chi connectivity index (χ0n) is 35.6. The first kappa shape index (κ1) is 57.6. The van der Waals surface area contributed by atoms with E-state index in [9.17, 15) is 110 Å². The van der Waals surface area contributed by atoms with Gasteiger partial charge in [-0.2, -0.15) is 132 Å². The Hall–Kier alpha value is -6.29. The SMILES string of the molecule is CS(=O)c1ccc(C[n+]2ccncc2)cc1.FC(F)(F)c1cc([B-](c2cc(C(F)(F)F)cc(C(F)(F)F)c2)(c2cc(C(F)(F)F)cc(C(F)(F)F)c2)c2cc(C(F)(F)F)cc(C(F)(F)F)c2)cc(C(F)(F)F)c1. The van der Waals surface area contributed by atoms with Gasteiger partial charge in [0, 0.05) is 27.5 Å². The van der Waals surface area contributed by atoms with Crippen LogP contribution in [0.4, 0.5) is 105 Å². The van der Waals surface area contributed by atoms with Gasteiger partial charge in [-0.05, 0) is 36.4 Å². The lowest BCUT2D eigenvalue weighted by Crippen LogP contribution is -2.75. The average molecular weight is 1100 g/mol. The van der Waals surface area contributed by atoms with Gasteiger partial charge in [0.25, 0.3) is 0 Å². The fourth-order valence-electron chi connectivity index (χ4n) is 7.52. The molecule has 73 heavy (non-hydrogen) atoms. The Bertz CT molecular complexity index is 2510. The Labute approximate surface area is 396 Å². The van der Waals surface area contributed by atoms with Crippen LogP contribution in [0.2, 0.25) is 0 Å². The minimum atomic E-state index is -6.13. The third-order valence-corrected chi connectivity index (χ3v) is 11.7. The highest BCUT2D eigenvalue weighted by Crippen LogP contribution is 2.41. The van der Waals surface area contributed by atoms with Gasteiger partial charge in [-0.15, -0.1) is 0 Å². The Morgan fingerprint density at radius 1 is 0.384 bits per heavy atom. The minimum Gasteiger partial charge on any atom is -0.255 e. The van der Waals surface area contributed by atoms with Crippen LogP contribution in [0.5, 0.6) is 0 Å². The first-order valence-corrected chi connectivity index (χ1v) is 21.1. The first-order chi connectivity index (χ1) is 33.0. The monoisotopic (exact) mass is 1100 g/mol. The number of nitrogens with zero attached hydrogens (tertiary/aromatic N) is 2. The Morgan fingerprint density at radius 3 is 0.795 bits per heavy atom. The van der Waals surface area contributed by atoms with Gasteiger partial charge < -0.3 is 0 Å². The predicted molar refractivity (Wildman–Crippen MR) is 212 cm³/mol. The maximum atomic E-state index is 14.2. The second-order valence-corrected chi connectivity index (χ2v) is 17.1. The van der Waals surface area contributed by atoms with Crippen molar-refractivity contribution in [2.24, 2.45) is 0 Å². The number of rotatable bonds is 7. The third kappa shape index (κ3) is 13.7. The van der Waals surface area contributed by atoms with Crippen LogP contribution in [0.3, 0.4) is 0 Å². The van der Waals surface area contributed by atoms with E-state index < -0.39 is 206 Å². The van der Waals surface area contributed by atoms with Crippen molar-refractivity contribution in [2.45, 2.75) is 60.9 Å². The molecule has 0 fully saturated rings. The average Bonchev–Trinajstić information content (AvgIpc) is 3.25. The van der Waals surface area contributed by atoms with Crippen LogP contribution < -0.4 is 26.4 Å². The summed E-state index contributed by atoms with van der Waals surface area (Å²) in [5.74, 6) is 0. The summed E-state index contributed by atoms with van der Waals surface area (Å²) < 4.78 is 354. The topological polar surface area (TPSA) is 33.8 Å². The maximum Gasteiger partial charge on any atom is 0.416 e. The first-order valence-electron chi connectivity index (χ1n) is 19.6. The number of hydrogen-bond donors (Lipinski definition) is 0. The Morgan fingerprint density at radius 2 is 0.603 bits per heavy atom. The van der Waals surface area contributed by atoms with Crippen molar-refractivity contribution in [2.75, 3.05) is 6.26 Å². The molecule has 0 aliphatic rings. The molecule has 1 atom stereocenters. The number of hydrogen-bond acceptors (Lipinski definition) is 2. The van der Waals surface area contributed by atoms with Crippen molar-refractivity contribution in [3.8, 4) is 0 Å². The van der Waals surface area contributed by atoms with Crippen molar-refractivity contribution >= 4 is 38.8 Å². The molecular weight excluding hydrogens is 1070 g/mol. The van der Waals surface area contributed by atoms with Gasteiger partial charge in [-0.1, -0.05) is 60.7 Å². The van der Waals surface area contributed by atoms with E-state index in [1.165, 1.54) is 5.56 Å². The largest absolute Gasteiger partial charge is 0.416 e. The number of alkyl halides is 24. The van der Waals surface area contributed by atoms with Crippen LogP contribution in [0.1, 0.15) is 50.1 Å². The smallest absolute Gasteiger partial charge is 0.255 e. The van der Waals surface area contributed by atoms with Gasteiger partial charge in [0.15, 0.2) is 18.9 Å². The highest BCUT2D eigenvalue weighted by Gasteiger charge is 2.47. The Kier molecular flexibility index (Phi) is 15.7. The molecule has 0 amide bonds. The lowest BCUT2D eigenvalue weighted by atomic mass is 9.12. The molecule has 29 heteroatoms. The second-order valence-electron chi connectivity index (χ2n) is 15.7. The normalized spacial score (nSPS) is 13.9. The Balaban J connectivity index is 0.000000520. The van der Waals surface area contributed by atoms with Crippen LogP contribution in [0.25, 0.3) is 0 Å². The summed E-state index contributed by atoms with van der Waals surface area (Å²) in [5.41, 5.74) is -29.0. The molecule has 394 valence electrons. The van der Waals surface area contributed by atoms with E-state index in [0.717, 1.165) is 11.4 Å².